The molecule has 1 aliphatic heterocycles. The molecule has 2 aromatic rings. The van der Waals surface area contributed by atoms with E-state index in [0.717, 1.165) is 5.56 Å². The van der Waals surface area contributed by atoms with Crippen LogP contribution in [-0.4, -0.2) is 22.1 Å². The molecule has 1 aromatic carbocycles. The highest BCUT2D eigenvalue weighted by Crippen LogP contribution is 2.40. The molecule has 3 rings (SSSR count). The number of carbonyl (C=O) groups is 1. The molecule has 2 heterocycles. The third-order valence-corrected chi connectivity index (χ3v) is 4.53. The SMILES string of the molecule is CCOC(=O)C1=C(C)Nc2nccn2C1c1cccc(Cl)c1Cl. The summed E-state index contributed by atoms with van der Waals surface area (Å²) in [7, 11) is 0. The number of rotatable bonds is 3. The van der Waals surface area contributed by atoms with Crippen molar-refractivity contribution >= 4 is 35.1 Å². The fraction of sp³-hybridized carbons (Fsp3) is 0.250. The molecule has 1 aliphatic rings. The van der Waals surface area contributed by atoms with Crippen molar-refractivity contribution in [3.8, 4) is 0 Å². The molecule has 1 unspecified atom stereocenters. The molecule has 0 bridgehead atoms. The van der Waals surface area contributed by atoms with Crippen molar-refractivity contribution in [1.29, 1.82) is 0 Å². The maximum absolute atomic E-state index is 12.5. The lowest BCUT2D eigenvalue weighted by Crippen LogP contribution is -2.28. The molecule has 0 saturated heterocycles. The quantitative estimate of drug-likeness (QED) is 0.847. The Morgan fingerprint density at radius 2 is 2.22 bits per heavy atom. The molecule has 0 fully saturated rings. The molecule has 23 heavy (non-hydrogen) atoms. The van der Waals surface area contributed by atoms with Crippen molar-refractivity contribution in [2.24, 2.45) is 0 Å². The first kappa shape index (κ1) is 15.9. The lowest BCUT2D eigenvalue weighted by molar-refractivity contribution is -0.139. The van der Waals surface area contributed by atoms with E-state index in [1.807, 2.05) is 17.6 Å². The Labute approximate surface area is 143 Å². The van der Waals surface area contributed by atoms with Gasteiger partial charge in [0.15, 0.2) is 0 Å². The van der Waals surface area contributed by atoms with Crippen LogP contribution in [-0.2, 0) is 9.53 Å². The van der Waals surface area contributed by atoms with Crippen molar-refractivity contribution in [2.45, 2.75) is 19.9 Å². The Hall–Kier alpha value is -1.98. The number of nitrogens with zero attached hydrogens (tertiary/aromatic N) is 2. The summed E-state index contributed by atoms with van der Waals surface area (Å²) >= 11 is 12.5. The summed E-state index contributed by atoms with van der Waals surface area (Å²) in [5, 5.41) is 3.97. The number of aromatic nitrogens is 2. The second kappa shape index (κ2) is 6.26. The molecule has 0 aliphatic carbocycles. The number of hydrogen-bond acceptors (Lipinski definition) is 4. The average molecular weight is 352 g/mol. The summed E-state index contributed by atoms with van der Waals surface area (Å²) in [5.74, 6) is 0.245. The van der Waals surface area contributed by atoms with Gasteiger partial charge in [0, 0.05) is 18.1 Å². The van der Waals surface area contributed by atoms with E-state index < -0.39 is 12.0 Å². The number of allylic oxidation sites excluding steroid dienone is 1. The van der Waals surface area contributed by atoms with E-state index in [1.165, 1.54) is 0 Å². The summed E-state index contributed by atoms with van der Waals surface area (Å²) in [5.41, 5.74) is 1.90. The lowest BCUT2D eigenvalue weighted by Gasteiger charge is -2.30. The predicted octanol–water partition coefficient (Wildman–Crippen LogP) is 4.04. The third kappa shape index (κ3) is 2.71. The summed E-state index contributed by atoms with van der Waals surface area (Å²) in [6, 6.07) is 4.92. The summed E-state index contributed by atoms with van der Waals surface area (Å²) in [4.78, 5) is 16.8. The highest BCUT2D eigenvalue weighted by molar-refractivity contribution is 6.42. The first-order valence-corrected chi connectivity index (χ1v) is 7.91. The summed E-state index contributed by atoms with van der Waals surface area (Å²) in [6.45, 7) is 3.88. The van der Waals surface area contributed by atoms with Gasteiger partial charge in [0.2, 0.25) is 5.95 Å². The number of carbonyl (C=O) groups excluding carboxylic acids is 1. The van der Waals surface area contributed by atoms with Crippen LogP contribution in [0.5, 0.6) is 0 Å². The number of halogens is 2. The molecule has 0 saturated carbocycles. The Balaban J connectivity index is 2.21. The van der Waals surface area contributed by atoms with Gasteiger partial charge in [-0.1, -0.05) is 35.3 Å². The van der Waals surface area contributed by atoms with Crippen LogP contribution in [0.4, 0.5) is 5.95 Å². The fourth-order valence-corrected chi connectivity index (χ4v) is 3.12. The number of esters is 1. The van der Waals surface area contributed by atoms with Crippen LogP contribution in [0, 0.1) is 0 Å². The smallest absolute Gasteiger partial charge is 0.338 e. The standard InChI is InChI=1S/C16H15Cl2N3O2/c1-3-23-15(22)12-9(2)20-16-19-7-8-21(16)14(12)10-5-4-6-11(17)13(10)18/h4-8,14H,3H2,1-2H3,(H,19,20). The summed E-state index contributed by atoms with van der Waals surface area (Å²) in [6.07, 6.45) is 3.45. The first-order valence-electron chi connectivity index (χ1n) is 7.16. The van der Waals surface area contributed by atoms with Crippen LogP contribution in [0.1, 0.15) is 25.5 Å². The molecule has 1 N–H and O–H groups in total. The largest absolute Gasteiger partial charge is 0.463 e. The second-order valence-corrected chi connectivity index (χ2v) is 5.87. The number of ether oxygens (including phenoxy) is 1. The first-order chi connectivity index (χ1) is 11.0. The molecule has 1 atom stereocenters. The Morgan fingerprint density at radius 1 is 1.43 bits per heavy atom. The average Bonchev–Trinajstić information content (AvgIpc) is 2.97. The molecule has 0 spiro atoms. The Kier molecular flexibility index (Phi) is 4.33. The van der Waals surface area contributed by atoms with Crippen LogP contribution in [0.2, 0.25) is 10.0 Å². The van der Waals surface area contributed by atoms with E-state index in [2.05, 4.69) is 10.3 Å². The van der Waals surface area contributed by atoms with Gasteiger partial charge >= 0.3 is 5.97 Å². The van der Waals surface area contributed by atoms with Gasteiger partial charge in [-0.05, 0) is 25.5 Å². The number of nitrogens with one attached hydrogen (secondary N) is 1. The highest BCUT2D eigenvalue weighted by atomic mass is 35.5. The number of benzene rings is 1. The Morgan fingerprint density at radius 3 is 2.96 bits per heavy atom. The maximum Gasteiger partial charge on any atom is 0.338 e. The van der Waals surface area contributed by atoms with E-state index in [4.69, 9.17) is 27.9 Å². The van der Waals surface area contributed by atoms with Crippen molar-refractivity contribution < 1.29 is 9.53 Å². The van der Waals surface area contributed by atoms with E-state index >= 15 is 0 Å². The topological polar surface area (TPSA) is 56.1 Å². The minimum atomic E-state index is -0.445. The number of imidazole rings is 1. The minimum Gasteiger partial charge on any atom is -0.463 e. The van der Waals surface area contributed by atoms with E-state index in [0.29, 0.717) is 33.9 Å². The van der Waals surface area contributed by atoms with Crippen molar-refractivity contribution in [1.82, 2.24) is 9.55 Å². The molecular weight excluding hydrogens is 337 g/mol. The second-order valence-electron chi connectivity index (χ2n) is 5.09. The molecule has 0 radical (unpaired) electrons. The molecular formula is C16H15Cl2N3O2. The lowest BCUT2D eigenvalue weighted by atomic mass is 9.95. The molecule has 0 amide bonds. The van der Waals surface area contributed by atoms with Crippen molar-refractivity contribution in [2.75, 3.05) is 11.9 Å². The van der Waals surface area contributed by atoms with E-state index in [9.17, 15) is 4.79 Å². The minimum absolute atomic E-state index is 0.294. The van der Waals surface area contributed by atoms with E-state index in [-0.39, 0.29) is 0 Å². The molecule has 120 valence electrons. The fourth-order valence-electron chi connectivity index (χ4n) is 2.71. The Bertz CT molecular complexity index is 798. The van der Waals surface area contributed by atoms with Crippen molar-refractivity contribution in [3.05, 3.63) is 57.5 Å². The third-order valence-electron chi connectivity index (χ3n) is 3.69. The number of hydrogen-bond donors (Lipinski definition) is 1. The predicted molar refractivity (Wildman–Crippen MR) is 89.8 cm³/mol. The zero-order valence-corrected chi connectivity index (χ0v) is 14.1. The van der Waals surface area contributed by atoms with Gasteiger partial charge in [-0.3, -0.25) is 0 Å². The van der Waals surface area contributed by atoms with Gasteiger partial charge in [-0.15, -0.1) is 0 Å². The van der Waals surface area contributed by atoms with Crippen LogP contribution in [0.15, 0.2) is 41.9 Å². The highest BCUT2D eigenvalue weighted by Gasteiger charge is 2.34. The zero-order chi connectivity index (χ0) is 16.6. The number of anilines is 1. The summed E-state index contributed by atoms with van der Waals surface area (Å²) < 4.78 is 7.06. The molecule has 5 nitrogen and oxygen atoms in total. The van der Waals surface area contributed by atoms with Gasteiger partial charge < -0.3 is 14.6 Å². The van der Waals surface area contributed by atoms with Gasteiger partial charge in [-0.2, -0.15) is 0 Å². The maximum atomic E-state index is 12.5. The molecule has 1 aromatic heterocycles. The van der Waals surface area contributed by atoms with Gasteiger partial charge in [0.05, 0.1) is 28.3 Å². The van der Waals surface area contributed by atoms with Gasteiger partial charge in [0.1, 0.15) is 0 Å². The van der Waals surface area contributed by atoms with Crippen LogP contribution < -0.4 is 5.32 Å². The van der Waals surface area contributed by atoms with Crippen LogP contribution in [0.3, 0.4) is 0 Å². The number of fused-ring (bicyclic) bond motifs is 1. The van der Waals surface area contributed by atoms with Gasteiger partial charge in [-0.25, -0.2) is 9.78 Å². The zero-order valence-electron chi connectivity index (χ0n) is 12.6. The van der Waals surface area contributed by atoms with Gasteiger partial charge in [0.25, 0.3) is 0 Å². The van der Waals surface area contributed by atoms with Crippen LogP contribution >= 0.6 is 23.2 Å². The van der Waals surface area contributed by atoms with Crippen molar-refractivity contribution in [3.63, 3.8) is 0 Å². The molecule has 7 heteroatoms. The monoisotopic (exact) mass is 351 g/mol. The van der Waals surface area contributed by atoms with E-state index in [1.54, 1.807) is 31.5 Å². The normalized spacial score (nSPS) is 16.8. The van der Waals surface area contributed by atoms with Crippen LogP contribution in [0.25, 0.3) is 0 Å².